The molecule has 4 spiro atoms. The highest BCUT2D eigenvalue weighted by atomic mass is 127. The number of carbonyl (C=O) groups excluding carboxylic acids is 2. The fourth-order valence-corrected chi connectivity index (χ4v) is 22.9. The Morgan fingerprint density at radius 1 is 0.615 bits per heavy atom. The average molecular weight is 2100 g/mol. The van der Waals surface area contributed by atoms with Gasteiger partial charge in [-0.25, -0.2) is 16.8 Å². The van der Waals surface area contributed by atoms with E-state index >= 15 is 4.79 Å². The normalized spacial score (nSPS) is 24.3. The summed E-state index contributed by atoms with van der Waals surface area (Å²) in [6.45, 7) is 38.6. The summed E-state index contributed by atoms with van der Waals surface area (Å²) in [5.74, 6) is -1.45. The lowest BCUT2D eigenvalue weighted by Crippen LogP contribution is -3.00. The van der Waals surface area contributed by atoms with Crippen LogP contribution in [0.25, 0.3) is 0 Å². The van der Waals surface area contributed by atoms with Crippen LogP contribution < -0.4 is 52.8 Å². The number of unbranched alkanes of at least 4 members (excludes halogenated alkanes) is 3. The minimum absolute atomic E-state index is 0. The molecular formula is C67H97Cl3I6N10O8S2. The van der Waals surface area contributed by atoms with E-state index in [4.69, 9.17) is 0 Å². The minimum atomic E-state index is -4.80. The van der Waals surface area contributed by atoms with Crippen LogP contribution in [0.2, 0.25) is 0 Å². The van der Waals surface area contributed by atoms with Gasteiger partial charge in [-0.05, 0) is 181 Å². The number of piperazine rings is 6. The van der Waals surface area contributed by atoms with Gasteiger partial charge in [-0.2, -0.15) is 4.58 Å². The van der Waals surface area contributed by atoms with Gasteiger partial charge in [-0.1, -0.05) is 63.0 Å². The largest absolute Gasteiger partial charge is 1.00 e. The van der Waals surface area contributed by atoms with E-state index in [0.29, 0.717) is 43.9 Å². The fourth-order valence-electron chi connectivity index (χ4n) is 16.6. The summed E-state index contributed by atoms with van der Waals surface area (Å²) in [5.41, 5.74) is 3.83. The van der Waals surface area contributed by atoms with Crippen molar-refractivity contribution < 1.29 is 95.3 Å². The number of rotatable bonds is 21. The van der Waals surface area contributed by atoms with E-state index in [1.54, 1.807) is 4.90 Å². The van der Waals surface area contributed by atoms with Crippen LogP contribution in [-0.2, 0) is 40.7 Å². The first kappa shape index (κ1) is 85.3. The molecule has 2 amide bonds. The Hall–Kier alpha value is 0.380. The monoisotopic (exact) mass is 2100 g/mol. The van der Waals surface area contributed by atoms with Gasteiger partial charge < -0.3 is 89.6 Å². The number of nitrogens with one attached hydrogen (secondary N) is 2. The molecule has 8 aliphatic rings. The molecule has 0 bridgehead atoms. The molecule has 0 aliphatic carbocycles. The van der Waals surface area contributed by atoms with Gasteiger partial charge >= 0.3 is 0 Å². The van der Waals surface area contributed by atoms with Crippen molar-refractivity contribution in [3.8, 4) is 0 Å². The maximum Gasteiger partial charge on any atom is 0.227 e. The number of carbonyl (C=O) groups is 2. The van der Waals surface area contributed by atoms with Crippen LogP contribution in [0.3, 0.4) is 0 Å². The highest BCUT2D eigenvalue weighted by Gasteiger charge is 2.56. The summed E-state index contributed by atoms with van der Waals surface area (Å²) >= 11 is 14.3. The number of anilines is 1. The number of benzene rings is 2. The standard InChI is InChI=1S/C65H93I6N10O8S2.C2H4.3ClH/c1-4-5-15-49(63(83)75-27-35-81(36-28-75)43-39-79(40-44-81)31-22-73-23-32-79)65(3)55(77(48-91(87,88)89)53-47-51(67)60(69)62(71)58(53)65)17-11-8-6-7-10-16-54-64(2,57-52(46-50(66)59(68)61(57)70)76(54)24-14-45-90(84,85)86)19-13-9-12-18-56(82)74-25-33-80(34-26-74)41-37-78(38-42-80)29-20-72-21-30-78;1-2;;;/h6-8,10-11,16-17,46-47,49,72-73H,4-5,9,12-15,18-45,48H2,1-3H3;1-2H2;3*1H/q+3;;;;/p-3. The van der Waals surface area contributed by atoms with Gasteiger partial charge in [0.05, 0.1) is 106 Å². The van der Waals surface area contributed by atoms with Crippen LogP contribution in [0.15, 0.2) is 73.5 Å². The van der Waals surface area contributed by atoms with E-state index in [0.717, 1.165) is 164 Å². The molecule has 0 aromatic heterocycles. The molecule has 6 saturated heterocycles. The second kappa shape index (κ2) is 36.6. The molecule has 29 heteroatoms. The Morgan fingerprint density at radius 2 is 1.09 bits per heavy atom. The Morgan fingerprint density at radius 3 is 1.60 bits per heavy atom. The Balaban J connectivity index is 0.00000289. The minimum Gasteiger partial charge on any atom is -1.00 e. The third-order valence-electron chi connectivity index (χ3n) is 22.3. The molecule has 10 rings (SSSR count). The molecule has 2 aromatic rings. The molecule has 8 aliphatic heterocycles. The molecule has 538 valence electrons. The quantitative estimate of drug-likeness (QED) is 0.0255. The SMILES string of the molecule is C=C.CCCCC(C(=O)N1CC[N+]2(CC1)CC[N+]1(CCNCC1)CC2)C1(C)/C(=C/C=C/C=C/C=C/C2=[N+](CCCS(=O)(=O)[O-])c3cc(I)c(I)c(I)c3C2(C)CCCCCC(=O)N2CC[N+]3(CC2)CC[N+]2(CCNCC2)CC3)N(CS(=O)(=O)[O-])c2cc(I)c(I)c(I)c21.[Cl-].[Cl-].[Cl-]. The lowest BCUT2D eigenvalue weighted by atomic mass is 9.68. The zero-order chi connectivity index (χ0) is 67.2. The summed E-state index contributed by atoms with van der Waals surface area (Å²) in [5, 5.41) is 7.08. The smallest absolute Gasteiger partial charge is 0.227 e. The summed E-state index contributed by atoms with van der Waals surface area (Å²) < 4.78 is 88.4. The van der Waals surface area contributed by atoms with Gasteiger partial charge in [0, 0.05) is 101 Å². The topological polar surface area (TPSA) is 185 Å². The van der Waals surface area contributed by atoms with E-state index < -0.39 is 48.6 Å². The van der Waals surface area contributed by atoms with Crippen molar-refractivity contribution in [2.45, 2.75) is 89.4 Å². The van der Waals surface area contributed by atoms with Gasteiger partial charge in [-0.3, -0.25) is 9.59 Å². The molecule has 2 aromatic carbocycles. The number of amides is 2. The Kier molecular flexibility index (Phi) is 32.5. The van der Waals surface area contributed by atoms with Crippen LogP contribution in [0, 0.1) is 27.3 Å². The Labute approximate surface area is 673 Å². The summed E-state index contributed by atoms with van der Waals surface area (Å²) in [6.07, 6.45) is 19.9. The first-order valence-corrected chi connectivity index (χ1v) is 43.1. The molecule has 18 nitrogen and oxygen atoms in total. The molecule has 0 radical (unpaired) electrons. The van der Waals surface area contributed by atoms with Crippen molar-refractivity contribution in [3.63, 3.8) is 0 Å². The summed E-state index contributed by atoms with van der Waals surface area (Å²) in [7, 11) is -9.25. The third-order valence-corrected chi connectivity index (χ3v) is 33.9. The lowest BCUT2D eigenvalue weighted by Gasteiger charge is -2.53. The first-order chi connectivity index (χ1) is 44.2. The number of hydrogen-bond donors (Lipinski definition) is 2. The summed E-state index contributed by atoms with van der Waals surface area (Å²) in [6, 6.07) is 4.15. The first-order valence-electron chi connectivity index (χ1n) is 33.5. The van der Waals surface area contributed by atoms with Crippen LogP contribution >= 0.6 is 136 Å². The number of hydrogen-bond acceptors (Lipinski definition) is 11. The maximum absolute atomic E-state index is 15.6. The van der Waals surface area contributed by atoms with Crippen molar-refractivity contribution >= 4 is 185 Å². The van der Waals surface area contributed by atoms with Gasteiger partial charge in [0.1, 0.15) is 74.9 Å². The fraction of sp³-hybridized carbons (Fsp3) is 0.627. The maximum atomic E-state index is 15.6. The predicted octanol–water partition coefficient (Wildman–Crippen LogP) is 0.195. The van der Waals surface area contributed by atoms with E-state index in [-0.39, 0.29) is 55.5 Å². The van der Waals surface area contributed by atoms with Crippen LogP contribution in [0.1, 0.15) is 89.7 Å². The van der Waals surface area contributed by atoms with Crippen molar-refractivity contribution in [3.05, 3.63) is 106 Å². The second-order valence-electron chi connectivity index (χ2n) is 27.6. The zero-order valence-electron chi connectivity index (χ0n) is 55.7. The number of allylic oxidation sites excluding steroid dienone is 8. The molecule has 96 heavy (non-hydrogen) atoms. The zero-order valence-corrected chi connectivity index (χ0v) is 72.6. The van der Waals surface area contributed by atoms with Crippen molar-refractivity contribution in [2.75, 3.05) is 180 Å². The van der Waals surface area contributed by atoms with Crippen molar-refractivity contribution in [1.29, 1.82) is 0 Å². The lowest BCUT2D eigenvalue weighted by molar-refractivity contribution is -1.03. The van der Waals surface area contributed by atoms with Crippen molar-refractivity contribution in [2.24, 2.45) is 5.92 Å². The van der Waals surface area contributed by atoms with Gasteiger partial charge in [0.15, 0.2) is 5.71 Å². The molecule has 3 atom stereocenters. The predicted molar refractivity (Wildman–Crippen MR) is 421 cm³/mol. The molecule has 8 heterocycles. The second-order valence-corrected chi connectivity index (χ2v) is 37.2. The van der Waals surface area contributed by atoms with E-state index in [2.05, 4.69) is 207 Å². The van der Waals surface area contributed by atoms with E-state index in [1.165, 1.54) is 80.0 Å². The van der Waals surface area contributed by atoms with Gasteiger partial charge in [-0.15, -0.1) is 13.2 Å². The summed E-state index contributed by atoms with van der Waals surface area (Å²) in [4.78, 5) is 35.2. The molecule has 2 N–H and O–H groups in total. The molecular weight excluding hydrogens is 2000 g/mol. The third kappa shape index (κ3) is 19.5. The number of halogens is 9. The molecule has 6 fully saturated rings. The highest BCUT2D eigenvalue weighted by molar-refractivity contribution is 14.1. The van der Waals surface area contributed by atoms with Gasteiger partial charge in [0.25, 0.3) is 0 Å². The highest BCUT2D eigenvalue weighted by Crippen LogP contribution is 2.57. The number of fused-ring (bicyclic) bond motifs is 2. The molecule has 3 unspecified atom stereocenters. The van der Waals surface area contributed by atoms with Crippen LogP contribution in [-0.4, -0.2) is 251 Å². The van der Waals surface area contributed by atoms with Crippen molar-refractivity contribution in [1.82, 2.24) is 20.4 Å². The average Bonchev–Trinajstić information content (AvgIpc) is 1.55. The van der Waals surface area contributed by atoms with E-state index in [9.17, 15) is 30.7 Å². The van der Waals surface area contributed by atoms with E-state index in [1.807, 2.05) is 42.5 Å². The molecule has 0 saturated carbocycles. The Bertz CT molecular complexity index is 3460. The number of quaternary nitrogens is 4. The van der Waals surface area contributed by atoms with Crippen LogP contribution in [0.4, 0.5) is 11.4 Å². The van der Waals surface area contributed by atoms with Gasteiger partial charge in [0.2, 0.25) is 17.5 Å². The number of nitrogens with zero attached hydrogens (tertiary/aromatic N) is 8. The van der Waals surface area contributed by atoms with Crippen LogP contribution in [0.5, 0.6) is 0 Å².